The van der Waals surface area contributed by atoms with Gasteiger partial charge in [-0.25, -0.2) is 0 Å². The molecule has 1 spiro atoms. The maximum Gasteiger partial charge on any atom is 0.196 e. The molecule has 2 aliphatic rings. The van der Waals surface area contributed by atoms with E-state index >= 15 is 0 Å². The van der Waals surface area contributed by atoms with Crippen molar-refractivity contribution >= 4 is 11.6 Å². The Hall–Kier alpha value is -1.55. The summed E-state index contributed by atoms with van der Waals surface area (Å²) in [5.74, 6) is 0.684. The largest absolute Gasteiger partial charge is 0.369 e. The fourth-order valence-electron chi connectivity index (χ4n) is 3.47. The summed E-state index contributed by atoms with van der Waals surface area (Å²) in [5, 5.41) is 0. The van der Waals surface area contributed by atoms with Gasteiger partial charge >= 0.3 is 0 Å². The molecule has 0 aliphatic carbocycles. The first-order chi connectivity index (χ1) is 9.66. The van der Waals surface area contributed by atoms with Crippen LogP contribution in [0.3, 0.4) is 0 Å². The monoisotopic (exact) mass is 272 g/mol. The second-order valence-electron chi connectivity index (χ2n) is 5.95. The van der Waals surface area contributed by atoms with E-state index in [-0.39, 0.29) is 5.54 Å². The molecule has 3 rings (SSSR count). The Labute approximate surface area is 121 Å². The van der Waals surface area contributed by atoms with Gasteiger partial charge < -0.3 is 15.5 Å². The lowest BCUT2D eigenvalue weighted by Gasteiger charge is -2.45. The summed E-state index contributed by atoms with van der Waals surface area (Å²) in [6.07, 6.45) is 2.28. The standard InChI is InChI=1S/C16H24N4/c1-3-19-10-8-16(9-11-19)12-18-15(17)20(16)14-7-5-4-6-13(14)2/h4-7H,3,8-12H2,1-2H3,(H2,17,18). The Morgan fingerprint density at radius 3 is 2.60 bits per heavy atom. The van der Waals surface area contributed by atoms with Gasteiger partial charge in [0.05, 0.1) is 12.1 Å². The highest BCUT2D eigenvalue weighted by Crippen LogP contribution is 2.37. The fraction of sp³-hybridized carbons (Fsp3) is 0.562. The number of guanidine groups is 1. The zero-order valence-electron chi connectivity index (χ0n) is 12.5. The maximum absolute atomic E-state index is 6.21. The van der Waals surface area contributed by atoms with Crippen LogP contribution in [-0.4, -0.2) is 42.6 Å². The van der Waals surface area contributed by atoms with Crippen molar-refractivity contribution < 1.29 is 0 Å². The number of hydrogen-bond acceptors (Lipinski definition) is 4. The topological polar surface area (TPSA) is 44.9 Å². The van der Waals surface area contributed by atoms with Crippen LogP contribution in [-0.2, 0) is 0 Å². The molecule has 2 aliphatic heterocycles. The van der Waals surface area contributed by atoms with E-state index in [1.54, 1.807) is 0 Å². The minimum Gasteiger partial charge on any atom is -0.369 e. The Morgan fingerprint density at radius 2 is 1.95 bits per heavy atom. The number of anilines is 1. The average molecular weight is 272 g/mol. The summed E-state index contributed by atoms with van der Waals surface area (Å²) in [6.45, 7) is 8.64. The number of piperidine rings is 1. The van der Waals surface area contributed by atoms with Gasteiger partial charge in [0.15, 0.2) is 5.96 Å². The quantitative estimate of drug-likeness (QED) is 0.895. The number of nitrogens with two attached hydrogens (primary N) is 1. The van der Waals surface area contributed by atoms with Crippen molar-refractivity contribution in [2.45, 2.75) is 32.2 Å². The van der Waals surface area contributed by atoms with Crippen molar-refractivity contribution in [1.29, 1.82) is 0 Å². The summed E-state index contributed by atoms with van der Waals surface area (Å²) < 4.78 is 0. The Balaban J connectivity index is 1.92. The van der Waals surface area contributed by atoms with Gasteiger partial charge in [-0.3, -0.25) is 4.99 Å². The Bertz CT molecular complexity index is 515. The molecule has 2 N–H and O–H groups in total. The SMILES string of the molecule is CCN1CCC2(CC1)CN=C(N)N2c1ccccc1C. The number of aryl methyl sites for hydroxylation is 1. The lowest BCUT2D eigenvalue weighted by atomic mass is 9.86. The molecule has 1 fully saturated rings. The highest BCUT2D eigenvalue weighted by atomic mass is 15.4. The van der Waals surface area contributed by atoms with Gasteiger partial charge in [0.2, 0.25) is 0 Å². The van der Waals surface area contributed by atoms with Gasteiger partial charge in [0.25, 0.3) is 0 Å². The molecular weight excluding hydrogens is 248 g/mol. The lowest BCUT2D eigenvalue weighted by molar-refractivity contribution is 0.178. The summed E-state index contributed by atoms with van der Waals surface area (Å²) in [5.41, 5.74) is 8.80. The van der Waals surface area contributed by atoms with E-state index in [0.29, 0.717) is 5.96 Å². The summed E-state index contributed by atoms with van der Waals surface area (Å²) >= 11 is 0. The molecule has 0 radical (unpaired) electrons. The van der Waals surface area contributed by atoms with Crippen molar-refractivity contribution in [2.24, 2.45) is 10.7 Å². The van der Waals surface area contributed by atoms with E-state index in [2.05, 4.69) is 52.9 Å². The predicted octanol–water partition coefficient (Wildman–Crippen LogP) is 1.98. The van der Waals surface area contributed by atoms with E-state index < -0.39 is 0 Å². The molecule has 4 heteroatoms. The fourth-order valence-corrected chi connectivity index (χ4v) is 3.47. The molecule has 2 heterocycles. The van der Waals surface area contributed by atoms with E-state index in [1.165, 1.54) is 11.3 Å². The Kier molecular flexibility index (Phi) is 3.42. The summed E-state index contributed by atoms with van der Waals surface area (Å²) in [4.78, 5) is 9.38. The first-order valence-electron chi connectivity index (χ1n) is 7.54. The molecule has 0 bridgehead atoms. The normalized spacial score (nSPS) is 22.3. The smallest absolute Gasteiger partial charge is 0.196 e. The molecule has 1 aromatic rings. The minimum absolute atomic E-state index is 0.0991. The van der Waals surface area contributed by atoms with Crippen LogP contribution in [0, 0.1) is 6.92 Å². The number of rotatable bonds is 2. The Morgan fingerprint density at radius 1 is 1.25 bits per heavy atom. The first-order valence-corrected chi connectivity index (χ1v) is 7.54. The number of para-hydroxylation sites is 1. The van der Waals surface area contributed by atoms with Crippen LogP contribution >= 0.6 is 0 Å². The summed E-state index contributed by atoms with van der Waals surface area (Å²) in [6, 6.07) is 8.48. The lowest BCUT2D eigenvalue weighted by Crippen LogP contribution is -2.57. The molecule has 4 nitrogen and oxygen atoms in total. The number of nitrogens with zero attached hydrogens (tertiary/aromatic N) is 3. The molecule has 0 amide bonds. The van der Waals surface area contributed by atoms with Crippen molar-refractivity contribution in [2.75, 3.05) is 31.1 Å². The zero-order valence-corrected chi connectivity index (χ0v) is 12.5. The van der Waals surface area contributed by atoms with E-state index in [4.69, 9.17) is 5.73 Å². The van der Waals surface area contributed by atoms with Crippen LogP contribution in [0.15, 0.2) is 29.3 Å². The van der Waals surface area contributed by atoms with Crippen molar-refractivity contribution in [3.8, 4) is 0 Å². The first kappa shape index (κ1) is 13.4. The van der Waals surface area contributed by atoms with Crippen LogP contribution in [0.4, 0.5) is 5.69 Å². The molecule has 0 aromatic heterocycles. The van der Waals surface area contributed by atoms with Crippen molar-refractivity contribution in [3.63, 3.8) is 0 Å². The van der Waals surface area contributed by atoms with Gasteiger partial charge in [-0.2, -0.15) is 0 Å². The summed E-state index contributed by atoms with van der Waals surface area (Å²) in [7, 11) is 0. The molecule has 0 saturated carbocycles. The highest BCUT2D eigenvalue weighted by molar-refractivity contribution is 5.99. The number of likely N-dealkylation sites (tertiary alicyclic amines) is 1. The maximum atomic E-state index is 6.21. The third-order valence-electron chi connectivity index (χ3n) is 4.83. The van der Waals surface area contributed by atoms with Crippen molar-refractivity contribution in [1.82, 2.24) is 4.90 Å². The van der Waals surface area contributed by atoms with Crippen LogP contribution < -0.4 is 10.6 Å². The van der Waals surface area contributed by atoms with Crippen LogP contribution in [0.1, 0.15) is 25.3 Å². The van der Waals surface area contributed by atoms with E-state index in [1.807, 2.05) is 0 Å². The second kappa shape index (κ2) is 5.09. The third kappa shape index (κ3) is 2.08. The second-order valence-corrected chi connectivity index (χ2v) is 5.95. The molecular formula is C16H24N4. The average Bonchev–Trinajstić information content (AvgIpc) is 2.78. The van der Waals surface area contributed by atoms with Crippen LogP contribution in [0.25, 0.3) is 0 Å². The van der Waals surface area contributed by atoms with Crippen molar-refractivity contribution in [3.05, 3.63) is 29.8 Å². The van der Waals surface area contributed by atoms with Gasteiger partial charge in [-0.05, 0) is 37.9 Å². The third-order valence-corrected chi connectivity index (χ3v) is 4.83. The minimum atomic E-state index is 0.0991. The number of aliphatic imine (C=N–C) groups is 1. The molecule has 0 unspecified atom stereocenters. The van der Waals surface area contributed by atoms with Gasteiger partial charge in [0, 0.05) is 18.8 Å². The number of hydrogen-bond donors (Lipinski definition) is 1. The van der Waals surface area contributed by atoms with E-state index in [9.17, 15) is 0 Å². The van der Waals surface area contributed by atoms with Crippen LogP contribution in [0.2, 0.25) is 0 Å². The molecule has 0 atom stereocenters. The molecule has 1 aromatic carbocycles. The van der Waals surface area contributed by atoms with Gasteiger partial charge in [0.1, 0.15) is 0 Å². The van der Waals surface area contributed by atoms with Gasteiger partial charge in [-0.1, -0.05) is 25.1 Å². The highest BCUT2D eigenvalue weighted by Gasteiger charge is 2.45. The predicted molar refractivity (Wildman–Crippen MR) is 84.2 cm³/mol. The zero-order chi connectivity index (χ0) is 14.2. The van der Waals surface area contributed by atoms with Crippen LogP contribution in [0.5, 0.6) is 0 Å². The molecule has 1 saturated heterocycles. The molecule has 20 heavy (non-hydrogen) atoms. The van der Waals surface area contributed by atoms with Gasteiger partial charge in [-0.15, -0.1) is 0 Å². The molecule has 108 valence electrons. The van der Waals surface area contributed by atoms with E-state index in [0.717, 1.165) is 39.0 Å². The number of benzene rings is 1.